The SMILES string of the molecule is COc1cc(C(=O)N2CC[NH+](CCOC(=O)COc3ccc(Cl)cc3)CC2)cc(OC)c1OC.[Cl-]. The van der Waals surface area contributed by atoms with Gasteiger partial charge in [-0.25, -0.2) is 4.79 Å². The van der Waals surface area contributed by atoms with Gasteiger partial charge in [0.2, 0.25) is 5.75 Å². The summed E-state index contributed by atoms with van der Waals surface area (Å²) in [5, 5.41) is 0.600. The third kappa shape index (κ3) is 7.81. The van der Waals surface area contributed by atoms with Gasteiger partial charge in [0.25, 0.3) is 5.91 Å². The van der Waals surface area contributed by atoms with E-state index in [1.165, 1.54) is 26.2 Å². The standard InChI is InChI=1S/C24H29ClN2O7.ClH/c1-30-20-14-17(15-21(31-2)23(20)32-3)24(29)27-10-8-26(9-11-27)12-13-33-22(28)16-34-19-6-4-18(25)5-7-19;/h4-7,14-15H,8-13,16H2,1-3H3;1H. The Morgan fingerprint density at radius 3 is 2.11 bits per heavy atom. The highest BCUT2D eigenvalue weighted by Crippen LogP contribution is 2.38. The van der Waals surface area contributed by atoms with Crippen LogP contribution in [-0.4, -0.2) is 84.0 Å². The number of benzene rings is 2. The molecule has 1 N–H and O–H groups in total. The van der Waals surface area contributed by atoms with Crippen LogP contribution in [0.3, 0.4) is 0 Å². The molecule has 0 atom stereocenters. The number of hydrogen-bond donors (Lipinski definition) is 1. The first-order valence-electron chi connectivity index (χ1n) is 10.9. The Morgan fingerprint density at radius 1 is 0.971 bits per heavy atom. The van der Waals surface area contributed by atoms with Crippen molar-refractivity contribution in [2.45, 2.75) is 0 Å². The molecule has 11 heteroatoms. The molecule has 1 fully saturated rings. The van der Waals surface area contributed by atoms with Crippen LogP contribution in [0.25, 0.3) is 0 Å². The first-order valence-corrected chi connectivity index (χ1v) is 11.3. The van der Waals surface area contributed by atoms with E-state index < -0.39 is 5.97 Å². The third-order valence-corrected chi connectivity index (χ3v) is 5.81. The molecule has 1 heterocycles. The van der Waals surface area contributed by atoms with Crippen LogP contribution in [-0.2, 0) is 9.53 Å². The minimum absolute atomic E-state index is 0. The summed E-state index contributed by atoms with van der Waals surface area (Å²) in [6.07, 6.45) is 0. The number of nitrogens with zero attached hydrogens (tertiary/aromatic N) is 1. The summed E-state index contributed by atoms with van der Waals surface area (Å²) in [5.41, 5.74) is 0.479. The number of quaternary nitrogens is 1. The van der Waals surface area contributed by atoms with E-state index in [1.807, 2.05) is 0 Å². The number of piperazine rings is 1. The van der Waals surface area contributed by atoms with Crippen molar-refractivity contribution in [1.82, 2.24) is 4.90 Å². The molecular weight excluding hydrogens is 499 g/mol. The van der Waals surface area contributed by atoms with Gasteiger partial charge in [0, 0.05) is 10.6 Å². The van der Waals surface area contributed by atoms with Crippen LogP contribution in [0, 0.1) is 0 Å². The molecule has 2 aromatic rings. The maximum Gasteiger partial charge on any atom is 0.344 e. The summed E-state index contributed by atoms with van der Waals surface area (Å²) in [7, 11) is 4.56. The number of esters is 1. The Bertz CT molecular complexity index is 955. The Labute approximate surface area is 216 Å². The molecule has 0 bridgehead atoms. The van der Waals surface area contributed by atoms with E-state index in [1.54, 1.807) is 41.3 Å². The van der Waals surface area contributed by atoms with Crippen molar-refractivity contribution in [2.24, 2.45) is 0 Å². The zero-order valence-electron chi connectivity index (χ0n) is 20.0. The van der Waals surface area contributed by atoms with Crippen molar-refractivity contribution < 1.29 is 50.6 Å². The van der Waals surface area contributed by atoms with Crippen molar-refractivity contribution >= 4 is 23.5 Å². The van der Waals surface area contributed by atoms with Crippen LogP contribution in [0.2, 0.25) is 5.02 Å². The molecule has 35 heavy (non-hydrogen) atoms. The van der Waals surface area contributed by atoms with Crippen LogP contribution >= 0.6 is 11.6 Å². The van der Waals surface area contributed by atoms with Gasteiger partial charge in [0.15, 0.2) is 18.1 Å². The summed E-state index contributed by atoms with van der Waals surface area (Å²) in [6.45, 7) is 3.51. The highest BCUT2D eigenvalue weighted by molar-refractivity contribution is 6.30. The number of hydrogen-bond acceptors (Lipinski definition) is 7. The number of methoxy groups -OCH3 is 3. The van der Waals surface area contributed by atoms with Crippen LogP contribution in [0.4, 0.5) is 0 Å². The van der Waals surface area contributed by atoms with Crippen LogP contribution in [0.1, 0.15) is 10.4 Å². The van der Waals surface area contributed by atoms with Gasteiger partial charge in [-0.05, 0) is 36.4 Å². The minimum atomic E-state index is -0.425. The van der Waals surface area contributed by atoms with E-state index in [4.69, 9.17) is 35.3 Å². The van der Waals surface area contributed by atoms with Gasteiger partial charge >= 0.3 is 5.97 Å². The molecule has 0 unspecified atom stereocenters. The highest BCUT2D eigenvalue weighted by Gasteiger charge is 2.26. The second-order valence-electron chi connectivity index (χ2n) is 7.67. The molecule has 0 saturated carbocycles. The monoisotopic (exact) mass is 528 g/mol. The van der Waals surface area contributed by atoms with Gasteiger partial charge < -0.3 is 45.9 Å². The fourth-order valence-corrected chi connectivity index (χ4v) is 3.81. The van der Waals surface area contributed by atoms with Crippen molar-refractivity contribution in [1.29, 1.82) is 0 Å². The van der Waals surface area contributed by atoms with E-state index in [0.717, 1.165) is 13.1 Å². The lowest BCUT2D eigenvalue weighted by Crippen LogP contribution is -3.15. The predicted molar refractivity (Wildman–Crippen MR) is 125 cm³/mol. The lowest BCUT2D eigenvalue weighted by Gasteiger charge is -2.32. The lowest BCUT2D eigenvalue weighted by molar-refractivity contribution is -0.904. The third-order valence-electron chi connectivity index (χ3n) is 5.56. The molecular formula is C24H30Cl2N2O7. The molecule has 0 aliphatic carbocycles. The molecule has 0 radical (unpaired) electrons. The van der Waals surface area contributed by atoms with Gasteiger partial charge in [0.05, 0.1) is 47.5 Å². The van der Waals surface area contributed by atoms with E-state index in [-0.39, 0.29) is 24.9 Å². The topological polar surface area (TPSA) is 88.0 Å². The first-order chi connectivity index (χ1) is 16.4. The molecule has 0 aromatic heterocycles. The fraction of sp³-hybridized carbons (Fsp3) is 0.417. The maximum absolute atomic E-state index is 13.0. The van der Waals surface area contributed by atoms with Crippen molar-refractivity contribution in [3.8, 4) is 23.0 Å². The Hall–Kier alpha value is -2.88. The number of amides is 1. The van der Waals surface area contributed by atoms with Gasteiger partial charge in [-0.3, -0.25) is 4.79 Å². The van der Waals surface area contributed by atoms with Crippen molar-refractivity contribution in [3.63, 3.8) is 0 Å². The summed E-state index contributed by atoms with van der Waals surface area (Å²) >= 11 is 5.82. The van der Waals surface area contributed by atoms with Crippen LogP contribution in [0.15, 0.2) is 36.4 Å². The van der Waals surface area contributed by atoms with Gasteiger partial charge in [-0.2, -0.15) is 0 Å². The first kappa shape index (κ1) is 28.4. The summed E-state index contributed by atoms with van der Waals surface area (Å²) < 4.78 is 26.7. The summed E-state index contributed by atoms with van der Waals surface area (Å²) in [6, 6.07) is 10.1. The minimum Gasteiger partial charge on any atom is -1.00 e. The fourth-order valence-electron chi connectivity index (χ4n) is 3.69. The number of halogens is 2. The number of carbonyl (C=O) groups is 2. The van der Waals surface area contributed by atoms with E-state index >= 15 is 0 Å². The molecule has 9 nitrogen and oxygen atoms in total. The highest BCUT2D eigenvalue weighted by atomic mass is 35.5. The molecule has 1 aliphatic heterocycles. The molecule has 2 aromatic carbocycles. The normalized spacial score (nSPS) is 13.4. The maximum atomic E-state index is 13.0. The Morgan fingerprint density at radius 2 is 1.57 bits per heavy atom. The Balaban J connectivity index is 0.00000432. The van der Waals surface area contributed by atoms with Gasteiger partial charge in [-0.1, -0.05) is 11.6 Å². The molecule has 0 spiro atoms. The van der Waals surface area contributed by atoms with E-state index in [2.05, 4.69) is 0 Å². The van der Waals surface area contributed by atoms with Crippen molar-refractivity contribution in [2.75, 3.05) is 67.3 Å². The predicted octanol–water partition coefficient (Wildman–Crippen LogP) is -1.67. The average Bonchev–Trinajstić information content (AvgIpc) is 2.87. The number of ether oxygens (including phenoxy) is 5. The summed E-state index contributed by atoms with van der Waals surface area (Å²) in [4.78, 5) is 28.0. The zero-order chi connectivity index (χ0) is 24.5. The van der Waals surface area contributed by atoms with Crippen LogP contribution in [0.5, 0.6) is 23.0 Å². The van der Waals surface area contributed by atoms with Crippen LogP contribution < -0.4 is 36.3 Å². The lowest BCUT2D eigenvalue weighted by atomic mass is 10.1. The number of nitrogens with one attached hydrogen (secondary N) is 1. The van der Waals surface area contributed by atoms with E-state index in [0.29, 0.717) is 59.8 Å². The second-order valence-corrected chi connectivity index (χ2v) is 8.11. The van der Waals surface area contributed by atoms with E-state index in [9.17, 15) is 9.59 Å². The molecule has 192 valence electrons. The smallest absolute Gasteiger partial charge is 0.344 e. The van der Waals surface area contributed by atoms with Crippen molar-refractivity contribution in [3.05, 3.63) is 47.0 Å². The summed E-state index contributed by atoms with van der Waals surface area (Å²) in [5.74, 6) is 1.37. The average molecular weight is 529 g/mol. The number of carbonyl (C=O) groups excluding carboxylic acids is 2. The van der Waals surface area contributed by atoms with Gasteiger partial charge in [0.1, 0.15) is 18.9 Å². The van der Waals surface area contributed by atoms with Gasteiger partial charge in [-0.15, -0.1) is 0 Å². The Kier molecular flexibility index (Phi) is 11.2. The number of rotatable bonds is 10. The molecule has 3 rings (SSSR count). The quantitative estimate of drug-likeness (QED) is 0.369. The molecule has 1 aliphatic rings. The molecule has 1 saturated heterocycles. The largest absolute Gasteiger partial charge is 1.00 e. The molecule has 1 amide bonds. The zero-order valence-corrected chi connectivity index (χ0v) is 21.5. The second kappa shape index (κ2) is 13.9.